The smallest absolute Gasteiger partial charge is 0.461 e. The van der Waals surface area contributed by atoms with Crippen LogP contribution in [0.15, 0.2) is 18.2 Å². The molecule has 12 heteroatoms. The van der Waals surface area contributed by atoms with Crippen molar-refractivity contribution in [3.8, 4) is 17.0 Å². The molecule has 1 aromatic heterocycles. The Kier molecular flexibility index (Phi) is 5.09. The number of benzene rings is 1. The van der Waals surface area contributed by atoms with Gasteiger partial charge in [0.15, 0.2) is 5.69 Å². The maximum atomic E-state index is 12.3. The summed E-state index contributed by atoms with van der Waals surface area (Å²) in [5, 5.41) is 28.1. The number of nitrogens with zero attached hydrogens (tertiary/aromatic N) is 2. The highest BCUT2D eigenvalue weighted by Crippen LogP contribution is 2.26. The molecular formula is C12H11BF3N3O5. The average Bonchev–Trinajstić information content (AvgIpc) is 2.95. The topological polar surface area (TPSA) is 118 Å². The molecule has 0 saturated carbocycles. The number of aromatic nitrogens is 3. The second kappa shape index (κ2) is 6.89. The predicted octanol–water partition coefficient (Wildman–Crippen LogP) is 0.227. The summed E-state index contributed by atoms with van der Waals surface area (Å²) in [5.41, 5.74) is -0.652. The lowest BCUT2D eigenvalue weighted by atomic mass is 9.78. The minimum absolute atomic E-state index is 0.0195. The fraction of sp³-hybridized carbons (Fsp3) is 0.250. The Labute approximate surface area is 133 Å². The zero-order chi connectivity index (χ0) is 17.9. The largest absolute Gasteiger partial charge is 0.573 e. The first-order valence-electron chi connectivity index (χ1n) is 6.57. The average molecular weight is 345 g/mol. The number of rotatable bonds is 5. The van der Waals surface area contributed by atoms with Gasteiger partial charge in [0, 0.05) is 11.0 Å². The molecule has 0 bridgehead atoms. The van der Waals surface area contributed by atoms with E-state index in [0.29, 0.717) is 0 Å². The number of alkyl halides is 3. The van der Waals surface area contributed by atoms with Gasteiger partial charge in [0.05, 0.1) is 6.61 Å². The van der Waals surface area contributed by atoms with Gasteiger partial charge in [-0.05, 0) is 25.1 Å². The number of nitrogens with one attached hydrogen (secondary N) is 1. The number of aromatic amines is 1. The van der Waals surface area contributed by atoms with Gasteiger partial charge in [0.2, 0.25) is 0 Å². The fourth-order valence-corrected chi connectivity index (χ4v) is 1.89. The quantitative estimate of drug-likeness (QED) is 0.524. The molecule has 0 aliphatic heterocycles. The molecule has 0 fully saturated rings. The summed E-state index contributed by atoms with van der Waals surface area (Å²) >= 11 is 0. The fourth-order valence-electron chi connectivity index (χ4n) is 1.89. The molecule has 0 aliphatic carbocycles. The number of H-pyrrole nitrogens is 1. The van der Waals surface area contributed by atoms with E-state index >= 15 is 0 Å². The van der Waals surface area contributed by atoms with E-state index < -0.39 is 30.7 Å². The minimum Gasteiger partial charge on any atom is -0.461 e. The minimum atomic E-state index is -5.00. The van der Waals surface area contributed by atoms with Crippen molar-refractivity contribution in [2.75, 3.05) is 6.61 Å². The Morgan fingerprint density at radius 2 is 2.04 bits per heavy atom. The van der Waals surface area contributed by atoms with E-state index in [2.05, 4.69) is 20.1 Å². The summed E-state index contributed by atoms with van der Waals surface area (Å²) in [6, 6.07) is 3.03. The first-order valence-corrected chi connectivity index (χ1v) is 6.57. The summed E-state index contributed by atoms with van der Waals surface area (Å²) in [6.45, 7) is 1.67. The van der Waals surface area contributed by atoms with Crippen LogP contribution in [0.1, 0.15) is 17.4 Å². The van der Waals surface area contributed by atoms with Gasteiger partial charge in [-0.3, -0.25) is 0 Å². The van der Waals surface area contributed by atoms with Crippen molar-refractivity contribution < 1.29 is 37.5 Å². The highest BCUT2D eigenvalue weighted by molar-refractivity contribution is 6.59. The molecule has 0 radical (unpaired) electrons. The van der Waals surface area contributed by atoms with Gasteiger partial charge in [-0.15, -0.1) is 18.3 Å². The molecule has 128 valence electrons. The Balaban J connectivity index is 2.45. The number of hydrogen-bond donors (Lipinski definition) is 3. The Bertz CT molecular complexity index is 735. The third kappa shape index (κ3) is 4.03. The van der Waals surface area contributed by atoms with Crippen LogP contribution in [0.4, 0.5) is 13.2 Å². The number of carbonyl (C=O) groups is 1. The zero-order valence-electron chi connectivity index (χ0n) is 12.2. The van der Waals surface area contributed by atoms with E-state index in [0.717, 1.165) is 18.2 Å². The molecule has 8 nitrogen and oxygen atoms in total. The van der Waals surface area contributed by atoms with Gasteiger partial charge in [-0.2, -0.15) is 10.3 Å². The number of halogens is 3. The first kappa shape index (κ1) is 17.8. The van der Waals surface area contributed by atoms with Gasteiger partial charge < -0.3 is 19.5 Å². The molecular weight excluding hydrogens is 334 g/mol. The van der Waals surface area contributed by atoms with Crippen LogP contribution in [0, 0.1) is 0 Å². The van der Waals surface area contributed by atoms with Crippen LogP contribution in [0.5, 0.6) is 5.75 Å². The maximum absolute atomic E-state index is 12.3. The highest BCUT2D eigenvalue weighted by atomic mass is 19.4. The molecule has 0 atom stereocenters. The molecule has 0 unspecified atom stereocenters. The van der Waals surface area contributed by atoms with Crippen LogP contribution in [-0.2, 0) is 4.74 Å². The summed E-state index contributed by atoms with van der Waals surface area (Å²) in [6.07, 6.45) is -5.00. The predicted molar refractivity (Wildman–Crippen MR) is 74.3 cm³/mol. The van der Waals surface area contributed by atoms with Crippen molar-refractivity contribution in [1.82, 2.24) is 15.4 Å². The lowest BCUT2D eigenvalue weighted by Crippen LogP contribution is -2.34. The van der Waals surface area contributed by atoms with Crippen molar-refractivity contribution in [2.45, 2.75) is 13.3 Å². The van der Waals surface area contributed by atoms with E-state index in [1.807, 2.05) is 0 Å². The molecule has 2 aromatic rings. The molecule has 0 saturated heterocycles. The molecule has 24 heavy (non-hydrogen) atoms. The number of carbonyl (C=O) groups excluding carboxylic acids is 1. The maximum Gasteiger partial charge on any atom is 0.573 e. The monoisotopic (exact) mass is 345 g/mol. The Hall–Kier alpha value is -2.60. The summed E-state index contributed by atoms with van der Waals surface area (Å²) < 4.78 is 45.5. The van der Waals surface area contributed by atoms with Crippen LogP contribution in [0.2, 0.25) is 0 Å². The Morgan fingerprint density at radius 1 is 1.33 bits per heavy atom. The zero-order valence-corrected chi connectivity index (χ0v) is 12.2. The molecule has 1 heterocycles. The molecule has 0 amide bonds. The standard InChI is InChI=1S/C12H11BF3N3O5/c1-2-23-11(20)10-9(17-19-18-10)6-3-4-8(24-12(14,15)16)7(5-6)13(21)22/h3-5,21-22H,2H2,1H3,(H,17,18,19). The molecule has 2 rings (SSSR count). The van der Waals surface area contributed by atoms with Gasteiger partial charge in [-0.25, -0.2) is 4.79 Å². The van der Waals surface area contributed by atoms with Gasteiger partial charge in [0.1, 0.15) is 11.4 Å². The van der Waals surface area contributed by atoms with Gasteiger partial charge in [-0.1, -0.05) is 0 Å². The van der Waals surface area contributed by atoms with Crippen molar-refractivity contribution in [3.63, 3.8) is 0 Å². The van der Waals surface area contributed by atoms with Crippen LogP contribution >= 0.6 is 0 Å². The van der Waals surface area contributed by atoms with Crippen molar-refractivity contribution in [2.24, 2.45) is 0 Å². The molecule has 0 aliphatic rings. The molecule has 3 N–H and O–H groups in total. The SMILES string of the molecule is CCOC(=O)c1n[nH]nc1-c1ccc(OC(F)(F)F)c(B(O)O)c1. The van der Waals surface area contributed by atoms with Crippen molar-refractivity contribution >= 4 is 18.6 Å². The van der Waals surface area contributed by atoms with Crippen LogP contribution < -0.4 is 10.2 Å². The second-order valence-electron chi connectivity index (χ2n) is 4.42. The third-order valence-corrected chi connectivity index (χ3v) is 2.80. The van der Waals surface area contributed by atoms with Crippen LogP contribution in [-0.4, -0.2) is 51.5 Å². The van der Waals surface area contributed by atoms with Crippen molar-refractivity contribution in [1.29, 1.82) is 0 Å². The third-order valence-electron chi connectivity index (χ3n) is 2.80. The highest BCUT2D eigenvalue weighted by Gasteiger charge is 2.34. The van der Waals surface area contributed by atoms with Crippen LogP contribution in [0.25, 0.3) is 11.3 Å². The van der Waals surface area contributed by atoms with E-state index in [9.17, 15) is 28.0 Å². The molecule has 1 aromatic carbocycles. The lowest BCUT2D eigenvalue weighted by Gasteiger charge is -2.14. The second-order valence-corrected chi connectivity index (χ2v) is 4.42. The summed E-state index contributed by atoms with van der Waals surface area (Å²) in [7, 11) is -2.24. The van der Waals surface area contributed by atoms with Gasteiger partial charge in [0.25, 0.3) is 0 Å². The molecule has 0 spiro atoms. The lowest BCUT2D eigenvalue weighted by molar-refractivity contribution is -0.274. The first-order chi connectivity index (χ1) is 11.2. The summed E-state index contributed by atoms with van der Waals surface area (Å²) in [5.74, 6) is -1.58. The number of hydrogen-bond acceptors (Lipinski definition) is 7. The van der Waals surface area contributed by atoms with Gasteiger partial charge >= 0.3 is 19.5 Å². The Morgan fingerprint density at radius 3 is 2.62 bits per heavy atom. The number of ether oxygens (including phenoxy) is 2. The van der Waals surface area contributed by atoms with E-state index in [-0.39, 0.29) is 23.6 Å². The van der Waals surface area contributed by atoms with Crippen molar-refractivity contribution in [3.05, 3.63) is 23.9 Å². The normalized spacial score (nSPS) is 11.2. The van der Waals surface area contributed by atoms with E-state index in [1.165, 1.54) is 0 Å². The van der Waals surface area contributed by atoms with E-state index in [4.69, 9.17) is 4.74 Å². The van der Waals surface area contributed by atoms with Crippen LogP contribution in [0.3, 0.4) is 0 Å². The van der Waals surface area contributed by atoms with E-state index in [1.54, 1.807) is 6.92 Å². The summed E-state index contributed by atoms with van der Waals surface area (Å²) in [4.78, 5) is 11.8. The number of esters is 1.